The van der Waals surface area contributed by atoms with Crippen molar-refractivity contribution in [3.63, 3.8) is 0 Å². The molecule has 1 saturated heterocycles. The highest BCUT2D eigenvalue weighted by Crippen LogP contribution is 2.07. The van der Waals surface area contributed by atoms with Gasteiger partial charge in [0.15, 0.2) is 6.10 Å². The predicted octanol–water partition coefficient (Wildman–Crippen LogP) is -0.896. The summed E-state index contributed by atoms with van der Waals surface area (Å²) >= 11 is 0. The van der Waals surface area contributed by atoms with Gasteiger partial charge in [-0.15, -0.1) is 5.10 Å². The SMILES string of the molecule is O=C(O)[C@@H]1CN(C(=O)Cn2nnc3ccccc3c2=O)CCO1. The van der Waals surface area contributed by atoms with Gasteiger partial charge < -0.3 is 14.7 Å². The first-order valence-electron chi connectivity index (χ1n) is 7.01. The molecule has 9 heteroatoms. The molecule has 2 aromatic rings. The van der Waals surface area contributed by atoms with Gasteiger partial charge in [-0.25, -0.2) is 9.48 Å². The Kier molecular flexibility index (Phi) is 4.02. The number of carboxylic acids is 1. The van der Waals surface area contributed by atoms with E-state index in [1.807, 2.05) is 0 Å². The Morgan fingerprint density at radius 3 is 2.91 bits per heavy atom. The number of hydrogen-bond acceptors (Lipinski definition) is 6. The van der Waals surface area contributed by atoms with Crippen molar-refractivity contribution in [3.8, 4) is 0 Å². The summed E-state index contributed by atoms with van der Waals surface area (Å²) in [6, 6.07) is 6.72. The number of rotatable bonds is 3. The van der Waals surface area contributed by atoms with E-state index in [0.29, 0.717) is 10.9 Å². The van der Waals surface area contributed by atoms with E-state index >= 15 is 0 Å². The third kappa shape index (κ3) is 3.04. The maximum atomic E-state index is 12.3. The lowest BCUT2D eigenvalue weighted by Crippen LogP contribution is -2.50. The number of carbonyl (C=O) groups is 2. The van der Waals surface area contributed by atoms with Crippen LogP contribution in [0.3, 0.4) is 0 Å². The third-order valence-corrected chi connectivity index (χ3v) is 3.61. The van der Waals surface area contributed by atoms with Crippen molar-refractivity contribution in [2.24, 2.45) is 0 Å². The van der Waals surface area contributed by atoms with E-state index in [4.69, 9.17) is 9.84 Å². The summed E-state index contributed by atoms with van der Waals surface area (Å²) in [7, 11) is 0. The number of fused-ring (bicyclic) bond motifs is 1. The quantitative estimate of drug-likeness (QED) is 0.780. The van der Waals surface area contributed by atoms with E-state index in [1.54, 1.807) is 24.3 Å². The maximum absolute atomic E-state index is 12.3. The summed E-state index contributed by atoms with van der Waals surface area (Å²) in [6.45, 7) is 0.0757. The van der Waals surface area contributed by atoms with Gasteiger partial charge in [-0.3, -0.25) is 9.59 Å². The van der Waals surface area contributed by atoms with Crippen LogP contribution in [-0.2, 0) is 20.9 Å². The first kappa shape index (κ1) is 15.1. The molecule has 1 amide bonds. The summed E-state index contributed by atoms with van der Waals surface area (Å²) in [5, 5.41) is 17.0. The van der Waals surface area contributed by atoms with Crippen molar-refractivity contribution in [3.05, 3.63) is 34.6 Å². The number of benzene rings is 1. The molecule has 3 rings (SSSR count). The Morgan fingerprint density at radius 1 is 1.35 bits per heavy atom. The molecule has 23 heavy (non-hydrogen) atoms. The van der Waals surface area contributed by atoms with Gasteiger partial charge in [0.05, 0.1) is 18.5 Å². The van der Waals surface area contributed by atoms with E-state index in [9.17, 15) is 14.4 Å². The lowest BCUT2D eigenvalue weighted by molar-refractivity contribution is -0.159. The fourth-order valence-corrected chi connectivity index (χ4v) is 2.38. The molecule has 1 fully saturated rings. The highest BCUT2D eigenvalue weighted by atomic mass is 16.5. The Morgan fingerprint density at radius 2 is 2.13 bits per heavy atom. The number of morpholine rings is 1. The van der Waals surface area contributed by atoms with Gasteiger partial charge in [0, 0.05) is 6.54 Å². The monoisotopic (exact) mass is 318 g/mol. The van der Waals surface area contributed by atoms with Crippen LogP contribution in [0, 0.1) is 0 Å². The van der Waals surface area contributed by atoms with Crippen molar-refractivity contribution < 1.29 is 19.4 Å². The molecule has 0 unspecified atom stereocenters. The molecule has 0 bridgehead atoms. The zero-order valence-corrected chi connectivity index (χ0v) is 12.1. The van der Waals surface area contributed by atoms with E-state index < -0.39 is 23.5 Å². The Hall–Kier alpha value is -2.81. The van der Waals surface area contributed by atoms with Crippen molar-refractivity contribution in [1.82, 2.24) is 19.9 Å². The van der Waals surface area contributed by atoms with Crippen LogP contribution in [0.15, 0.2) is 29.1 Å². The number of aromatic nitrogens is 3. The van der Waals surface area contributed by atoms with Crippen molar-refractivity contribution in [1.29, 1.82) is 0 Å². The first-order valence-corrected chi connectivity index (χ1v) is 7.01. The number of ether oxygens (including phenoxy) is 1. The van der Waals surface area contributed by atoms with Crippen LogP contribution >= 0.6 is 0 Å². The van der Waals surface area contributed by atoms with Crippen LogP contribution in [-0.4, -0.2) is 62.7 Å². The largest absolute Gasteiger partial charge is 0.479 e. The van der Waals surface area contributed by atoms with Gasteiger partial charge in [0.25, 0.3) is 5.56 Å². The molecule has 0 spiro atoms. The second-order valence-electron chi connectivity index (χ2n) is 5.11. The third-order valence-electron chi connectivity index (χ3n) is 3.61. The minimum Gasteiger partial charge on any atom is -0.479 e. The highest BCUT2D eigenvalue weighted by molar-refractivity contribution is 5.79. The molecule has 0 saturated carbocycles. The van der Waals surface area contributed by atoms with Crippen LogP contribution in [0.1, 0.15) is 0 Å². The standard InChI is InChI=1S/C14H14N4O5/c19-12(17-5-6-23-11(7-17)14(21)22)8-18-13(20)9-3-1-2-4-10(9)15-16-18/h1-4,11H,5-8H2,(H,21,22)/t11-/m0/s1. The summed E-state index contributed by atoms with van der Waals surface area (Å²) < 4.78 is 6.04. The minimum absolute atomic E-state index is 0.0517. The highest BCUT2D eigenvalue weighted by Gasteiger charge is 2.29. The van der Waals surface area contributed by atoms with E-state index in [0.717, 1.165) is 4.68 Å². The lowest BCUT2D eigenvalue weighted by Gasteiger charge is -2.30. The number of carbonyl (C=O) groups excluding carboxylic acids is 1. The Bertz CT molecular complexity index is 818. The van der Waals surface area contributed by atoms with Crippen LogP contribution in [0.5, 0.6) is 0 Å². The van der Waals surface area contributed by atoms with Gasteiger partial charge in [0.2, 0.25) is 5.91 Å². The predicted molar refractivity (Wildman–Crippen MR) is 77.8 cm³/mol. The van der Waals surface area contributed by atoms with Crippen molar-refractivity contribution in [2.45, 2.75) is 12.6 Å². The number of nitrogens with zero attached hydrogens (tertiary/aromatic N) is 4. The average molecular weight is 318 g/mol. The second kappa shape index (κ2) is 6.13. The van der Waals surface area contributed by atoms with Crippen molar-refractivity contribution >= 4 is 22.8 Å². The average Bonchev–Trinajstić information content (AvgIpc) is 2.57. The Balaban J connectivity index is 1.79. The molecular formula is C14H14N4O5. The van der Waals surface area contributed by atoms with E-state index in [2.05, 4.69) is 10.3 Å². The first-order chi connectivity index (χ1) is 11.1. The fraction of sp³-hybridized carbons (Fsp3) is 0.357. The van der Waals surface area contributed by atoms with Gasteiger partial charge in [0.1, 0.15) is 12.1 Å². The molecule has 0 aliphatic carbocycles. The van der Waals surface area contributed by atoms with Crippen LogP contribution < -0.4 is 5.56 Å². The molecule has 1 atom stereocenters. The van der Waals surface area contributed by atoms with E-state index in [1.165, 1.54) is 4.90 Å². The van der Waals surface area contributed by atoms with Gasteiger partial charge in [-0.05, 0) is 12.1 Å². The molecule has 2 heterocycles. The molecule has 1 aliphatic heterocycles. The fourth-order valence-electron chi connectivity index (χ4n) is 2.38. The number of carboxylic acid groups (broad SMARTS) is 1. The number of aliphatic carboxylic acids is 1. The maximum Gasteiger partial charge on any atom is 0.334 e. The molecule has 1 aromatic heterocycles. The second-order valence-corrected chi connectivity index (χ2v) is 5.11. The number of amides is 1. The van der Waals surface area contributed by atoms with Crippen LogP contribution in [0.4, 0.5) is 0 Å². The minimum atomic E-state index is -1.12. The summed E-state index contributed by atoms with van der Waals surface area (Å²) in [5.74, 6) is -1.52. The smallest absolute Gasteiger partial charge is 0.334 e. The summed E-state index contributed by atoms with van der Waals surface area (Å²) in [4.78, 5) is 36.9. The molecule has 1 aromatic carbocycles. The molecule has 1 N–H and O–H groups in total. The van der Waals surface area contributed by atoms with Gasteiger partial charge in [-0.2, -0.15) is 0 Å². The molecule has 0 radical (unpaired) electrons. The number of hydrogen-bond donors (Lipinski definition) is 1. The van der Waals surface area contributed by atoms with Crippen LogP contribution in [0.2, 0.25) is 0 Å². The zero-order chi connectivity index (χ0) is 16.4. The topological polar surface area (TPSA) is 115 Å². The van der Waals surface area contributed by atoms with Crippen LogP contribution in [0.25, 0.3) is 10.9 Å². The summed E-state index contributed by atoms with van der Waals surface area (Å²) in [6.07, 6.45) is -1.05. The Labute approximate surface area is 130 Å². The van der Waals surface area contributed by atoms with Gasteiger partial charge >= 0.3 is 5.97 Å². The van der Waals surface area contributed by atoms with Gasteiger partial charge in [-0.1, -0.05) is 17.3 Å². The molecular weight excluding hydrogens is 304 g/mol. The lowest BCUT2D eigenvalue weighted by atomic mass is 10.2. The van der Waals surface area contributed by atoms with Crippen molar-refractivity contribution in [2.75, 3.05) is 19.7 Å². The molecule has 9 nitrogen and oxygen atoms in total. The summed E-state index contributed by atoms with van der Waals surface area (Å²) in [5.41, 5.74) is 0.0468. The normalized spacial score (nSPS) is 18.1. The van der Waals surface area contributed by atoms with E-state index in [-0.39, 0.29) is 26.2 Å². The molecule has 120 valence electrons. The molecule has 1 aliphatic rings. The zero-order valence-electron chi connectivity index (χ0n) is 12.1.